The van der Waals surface area contributed by atoms with Crippen molar-refractivity contribution in [1.29, 1.82) is 0 Å². The maximum Gasteiger partial charge on any atom is 0.248 e. The van der Waals surface area contributed by atoms with Gasteiger partial charge in [-0.25, -0.2) is 8.78 Å². The van der Waals surface area contributed by atoms with Crippen LogP contribution in [0.25, 0.3) is 5.52 Å². The molecule has 4 rings (SSSR count). The number of hydrogen-bond acceptors (Lipinski definition) is 3. The molecule has 0 amide bonds. The molecule has 1 aliphatic carbocycles. The van der Waals surface area contributed by atoms with Crippen LogP contribution in [0.5, 0.6) is 0 Å². The number of ketones is 1. The average Bonchev–Trinajstić information content (AvgIpc) is 3.32. The zero-order chi connectivity index (χ0) is 20.6. The molecule has 4 nitrogen and oxygen atoms in total. The van der Waals surface area contributed by atoms with Crippen molar-refractivity contribution in [2.24, 2.45) is 5.92 Å². The zero-order valence-corrected chi connectivity index (χ0v) is 17.1. The van der Waals surface area contributed by atoms with E-state index in [1.807, 2.05) is 22.7 Å². The van der Waals surface area contributed by atoms with E-state index >= 15 is 0 Å². The van der Waals surface area contributed by atoms with Crippen LogP contribution in [0.4, 0.5) is 8.78 Å². The van der Waals surface area contributed by atoms with E-state index in [9.17, 15) is 18.7 Å². The molecule has 0 unspecified atom stereocenters. The van der Waals surface area contributed by atoms with Gasteiger partial charge in [0.1, 0.15) is 0 Å². The number of Topliss-reactive ketones (excluding diaryl/α,β-unsaturated/α-hetero) is 1. The summed E-state index contributed by atoms with van der Waals surface area (Å²) < 4.78 is 34.2. The number of rotatable bonds is 6. The van der Waals surface area contributed by atoms with Gasteiger partial charge in [0.05, 0.1) is 16.1 Å². The van der Waals surface area contributed by atoms with Gasteiger partial charge < -0.3 is 14.2 Å². The fraction of sp³-hybridized carbons (Fsp3) is 0.591. The van der Waals surface area contributed by atoms with Gasteiger partial charge in [0.25, 0.3) is 0 Å². The molecule has 1 saturated carbocycles. The minimum absolute atomic E-state index is 0.0253. The Bertz CT molecular complexity index is 895. The van der Waals surface area contributed by atoms with Gasteiger partial charge in [-0.05, 0) is 56.2 Å². The first kappa shape index (κ1) is 20.8. The van der Waals surface area contributed by atoms with Crippen molar-refractivity contribution in [1.82, 2.24) is 4.40 Å². The molecule has 2 aromatic heterocycles. The number of pyridine rings is 1. The number of aromatic nitrogens is 1. The lowest BCUT2D eigenvalue weighted by atomic mass is 9.79. The highest BCUT2D eigenvalue weighted by Gasteiger charge is 2.42. The molecule has 1 N–H and O–H groups in total. The van der Waals surface area contributed by atoms with Crippen molar-refractivity contribution < 1.29 is 23.4 Å². The van der Waals surface area contributed by atoms with Gasteiger partial charge in [-0.3, -0.25) is 4.79 Å². The third-order valence-electron chi connectivity index (χ3n) is 6.37. The van der Waals surface area contributed by atoms with Crippen LogP contribution in [0.15, 0.2) is 24.4 Å². The van der Waals surface area contributed by atoms with E-state index in [1.165, 1.54) is 0 Å². The first-order chi connectivity index (χ1) is 13.8. The van der Waals surface area contributed by atoms with Crippen LogP contribution in [0, 0.1) is 5.92 Å². The fourth-order valence-corrected chi connectivity index (χ4v) is 4.77. The topological polar surface area (TPSA) is 50.9 Å². The van der Waals surface area contributed by atoms with Crippen LogP contribution >= 0.6 is 11.6 Å². The Balaban J connectivity index is 1.52. The third-order valence-corrected chi connectivity index (χ3v) is 6.68. The highest BCUT2D eigenvalue weighted by atomic mass is 35.5. The van der Waals surface area contributed by atoms with Crippen LogP contribution in [0.2, 0.25) is 5.02 Å². The predicted octanol–water partition coefficient (Wildman–Crippen LogP) is 5.08. The first-order valence-electron chi connectivity index (χ1n) is 10.3. The van der Waals surface area contributed by atoms with Crippen LogP contribution in [-0.2, 0) is 11.2 Å². The molecule has 2 aromatic rings. The van der Waals surface area contributed by atoms with Gasteiger partial charge in [-0.1, -0.05) is 11.6 Å². The Hall–Kier alpha value is -1.50. The summed E-state index contributed by atoms with van der Waals surface area (Å²) >= 11 is 6.41. The summed E-state index contributed by atoms with van der Waals surface area (Å²) in [6.45, 7) is 1.48. The standard InChI is InChI=1S/C22H26ClF2NO3/c23-18-2-1-10-26-16(12-15-4-11-29-14-15)13-17(20(18)26)19(27)3-5-21(28)6-8-22(24,25)9-7-21/h1-2,10,13,15,28H,3-9,11-12,14H2/t15-/m1/s1. The monoisotopic (exact) mass is 425 g/mol. The molecule has 3 heterocycles. The molecule has 2 aliphatic rings. The molecule has 0 bridgehead atoms. The van der Waals surface area contributed by atoms with Gasteiger partial charge in [0.2, 0.25) is 5.92 Å². The van der Waals surface area contributed by atoms with E-state index in [0.29, 0.717) is 22.0 Å². The second-order valence-electron chi connectivity index (χ2n) is 8.56. The molecule has 7 heteroatoms. The normalized spacial score (nSPS) is 23.5. The van der Waals surface area contributed by atoms with E-state index in [-0.39, 0.29) is 44.3 Å². The van der Waals surface area contributed by atoms with Gasteiger partial charge >= 0.3 is 0 Å². The number of aliphatic hydroxyl groups is 1. The molecule has 1 saturated heterocycles. The molecule has 1 aliphatic heterocycles. The molecule has 2 fully saturated rings. The summed E-state index contributed by atoms with van der Waals surface area (Å²) in [6.07, 6.45) is 3.39. The van der Waals surface area contributed by atoms with Crippen molar-refractivity contribution in [2.75, 3.05) is 13.2 Å². The number of halogens is 3. The summed E-state index contributed by atoms with van der Waals surface area (Å²) in [5, 5.41) is 11.1. The number of fused-ring (bicyclic) bond motifs is 1. The highest BCUT2D eigenvalue weighted by Crippen LogP contribution is 2.41. The van der Waals surface area contributed by atoms with Crippen molar-refractivity contribution in [2.45, 2.75) is 62.9 Å². The van der Waals surface area contributed by atoms with Crippen molar-refractivity contribution >= 4 is 22.9 Å². The summed E-state index contributed by atoms with van der Waals surface area (Å²) in [4.78, 5) is 13.0. The second-order valence-corrected chi connectivity index (χ2v) is 8.97. The molecule has 0 spiro atoms. The van der Waals surface area contributed by atoms with Gasteiger partial charge in [0, 0.05) is 49.9 Å². The van der Waals surface area contributed by atoms with E-state index in [1.54, 1.807) is 6.07 Å². The predicted molar refractivity (Wildman–Crippen MR) is 107 cm³/mol. The number of hydrogen-bond donors (Lipinski definition) is 1. The van der Waals surface area contributed by atoms with Gasteiger partial charge in [0.15, 0.2) is 5.78 Å². The summed E-state index contributed by atoms with van der Waals surface area (Å²) in [5.41, 5.74) is 1.03. The maximum absolute atomic E-state index is 13.4. The molecule has 0 radical (unpaired) electrons. The number of carbonyl (C=O) groups is 1. The first-order valence-corrected chi connectivity index (χ1v) is 10.6. The van der Waals surface area contributed by atoms with E-state index in [4.69, 9.17) is 16.3 Å². The molecule has 158 valence electrons. The van der Waals surface area contributed by atoms with Gasteiger partial charge in [-0.15, -0.1) is 0 Å². The van der Waals surface area contributed by atoms with Crippen molar-refractivity contribution in [3.8, 4) is 0 Å². The Morgan fingerprint density at radius 2 is 2.07 bits per heavy atom. The number of nitrogens with zero attached hydrogens (tertiary/aromatic N) is 1. The molecule has 29 heavy (non-hydrogen) atoms. The summed E-state index contributed by atoms with van der Waals surface area (Å²) in [7, 11) is 0. The quantitative estimate of drug-likeness (QED) is 0.657. The minimum Gasteiger partial charge on any atom is -0.390 e. The lowest BCUT2D eigenvalue weighted by molar-refractivity contribution is -0.105. The van der Waals surface area contributed by atoms with E-state index in [0.717, 1.165) is 31.7 Å². The summed E-state index contributed by atoms with van der Waals surface area (Å²) in [5.74, 6) is -2.41. The Morgan fingerprint density at radius 3 is 2.76 bits per heavy atom. The summed E-state index contributed by atoms with van der Waals surface area (Å²) in [6, 6.07) is 5.50. The number of carbonyl (C=O) groups excluding carboxylic acids is 1. The largest absolute Gasteiger partial charge is 0.390 e. The Morgan fingerprint density at radius 1 is 1.31 bits per heavy atom. The Labute approximate surface area is 173 Å². The van der Waals surface area contributed by atoms with Crippen molar-refractivity contribution in [3.05, 3.63) is 40.7 Å². The van der Waals surface area contributed by atoms with Crippen molar-refractivity contribution in [3.63, 3.8) is 0 Å². The Kier molecular flexibility index (Phi) is 5.70. The van der Waals surface area contributed by atoms with Gasteiger partial charge in [-0.2, -0.15) is 0 Å². The number of ether oxygens (including phenoxy) is 1. The molecular formula is C22H26ClF2NO3. The number of alkyl halides is 2. The van der Waals surface area contributed by atoms with E-state index < -0.39 is 11.5 Å². The second kappa shape index (κ2) is 7.97. The van der Waals surface area contributed by atoms with Crippen LogP contribution in [-0.4, -0.2) is 40.0 Å². The lowest BCUT2D eigenvalue weighted by Crippen LogP contribution is -2.38. The van der Waals surface area contributed by atoms with Crippen LogP contribution in [0.1, 0.15) is 61.0 Å². The fourth-order valence-electron chi connectivity index (χ4n) is 4.51. The smallest absolute Gasteiger partial charge is 0.248 e. The highest BCUT2D eigenvalue weighted by molar-refractivity contribution is 6.35. The third kappa shape index (κ3) is 4.49. The average molecular weight is 426 g/mol. The van der Waals surface area contributed by atoms with Crippen LogP contribution in [0.3, 0.4) is 0 Å². The van der Waals surface area contributed by atoms with E-state index in [2.05, 4.69) is 0 Å². The maximum atomic E-state index is 13.4. The van der Waals surface area contributed by atoms with Crippen LogP contribution < -0.4 is 0 Å². The molecular weight excluding hydrogens is 400 g/mol. The zero-order valence-electron chi connectivity index (χ0n) is 16.3. The molecule has 1 atom stereocenters. The SMILES string of the molecule is O=C(CCC1(O)CCC(F)(F)CC1)c1cc(C[C@H]2CCOC2)n2cccc(Cl)c12. The lowest BCUT2D eigenvalue weighted by Gasteiger charge is -2.35. The minimum atomic E-state index is -2.71. The molecule has 0 aromatic carbocycles.